The molecule has 0 aliphatic carbocycles. The number of hydrogen-bond donors (Lipinski definition) is 1. The van der Waals surface area contributed by atoms with E-state index >= 15 is 0 Å². The van der Waals surface area contributed by atoms with Crippen LogP contribution in [-0.4, -0.2) is 18.0 Å². The second kappa shape index (κ2) is 9.00. The monoisotopic (exact) mass is 498 g/mol. The van der Waals surface area contributed by atoms with Gasteiger partial charge in [-0.05, 0) is 54.6 Å². The van der Waals surface area contributed by atoms with E-state index in [4.69, 9.17) is 16.3 Å². The molecule has 1 amide bonds. The largest absolute Gasteiger partial charge is 0.496 e. The van der Waals surface area contributed by atoms with Crippen LogP contribution in [0.5, 0.6) is 5.75 Å². The smallest absolute Gasteiger partial charge is 0.248 e. The van der Waals surface area contributed by atoms with Crippen LogP contribution >= 0.6 is 38.9 Å². The highest BCUT2D eigenvalue weighted by atomic mass is 79.9. The number of hydrogen-bond acceptors (Lipinski definition) is 4. The van der Waals surface area contributed by atoms with E-state index in [9.17, 15) is 4.79 Å². The fourth-order valence-corrected chi connectivity index (χ4v) is 4.51. The van der Waals surface area contributed by atoms with Gasteiger partial charge < -0.3 is 10.1 Å². The van der Waals surface area contributed by atoms with Gasteiger partial charge in [0.2, 0.25) is 5.91 Å². The maximum Gasteiger partial charge on any atom is 0.248 e. The van der Waals surface area contributed by atoms with Gasteiger partial charge in [-0.25, -0.2) is 4.98 Å². The number of carbonyl (C=O) groups excluding carboxylic acids is 1. The number of rotatable bonds is 5. The summed E-state index contributed by atoms with van der Waals surface area (Å²) in [5.41, 5.74) is 3.14. The van der Waals surface area contributed by atoms with Crippen LogP contribution in [0.1, 0.15) is 5.56 Å². The summed E-state index contributed by atoms with van der Waals surface area (Å²) in [5, 5.41) is 4.31. The molecule has 4 rings (SSSR count). The summed E-state index contributed by atoms with van der Waals surface area (Å²) < 4.78 is 7.32. The molecule has 150 valence electrons. The zero-order valence-electron chi connectivity index (χ0n) is 15.9. The van der Waals surface area contributed by atoms with Crippen LogP contribution in [0.2, 0.25) is 5.02 Å². The van der Waals surface area contributed by atoms with Gasteiger partial charge in [0.05, 0.1) is 23.0 Å². The number of para-hydroxylation sites is 1. The topological polar surface area (TPSA) is 51.2 Å². The Balaban J connectivity index is 1.62. The van der Waals surface area contributed by atoms with Gasteiger partial charge in [0.25, 0.3) is 0 Å². The van der Waals surface area contributed by atoms with Crippen molar-refractivity contribution in [2.24, 2.45) is 0 Å². The molecular weight excluding hydrogens is 484 g/mol. The number of thiazole rings is 1. The highest BCUT2D eigenvalue weighted by molar-refractivity contribution is 9.10. The standard InChI is InChI=1S/C23H16BrClN2O2S/c1-29-20-10-7-15(24)12-14(20)6-11-22(28)26-18-9-8-16(25)13-17(18)23-27-19-4-2-3-5-21(19)30-23/h2-13H,1H3,(H,26,28)/b11-6+. The zero-order valence-corrected chi connectivity index (χ0v) is 19.0. The first-order valence-electron chi connectivity index (χ1n) is 9.01. The molecule has 0 bridgehead atoms. The molecule has 30 heavy (non-hydrogen) atoms. The molecule has 0 saturated carbocycles. The van der Waals surface area contributed by atoms with E-state index in [2.05, 4.69) is 26.2 Å². The van der Waals surface area contributed by atoms with E-state index in [1.807, 2.05) is 48.5 Å². The third-order valence-electron chi connectivity index (χ3n) is 4.37. The van der Waals surface area contributed by atoms with Gasteiger partial charge in [-0.1, -0.05) is 39.7 Å². The maximum absolute atomic E-state index is 12.6. The van der Waals surface area contributed by atoms with Gasteiger partial charge in [0.1, 0.15) is 10.8 Å². The molecule has 0 saturated heterocycles. The molecular formula is C23H16BrClN2O2S. The van der Waals surface area contributed by atoms with Gasteiger partial charge in [0.15, 0.2) is 0 Å². The number of benzene rings is 3. The van der Waals surface area contributed by atoms with E-state index in [1.165, 1.54) is 6.08 Å². The second-order valence-corrected chi connectivity index (χ2v) is 8.77. The number of amides is 1. The number of aromatic nitrogens is 1. The predicted molar refractivity (Wildman–Crippen MR) is 128 cm³/mol. The Labute approximate surface area is 191 Å². The van der Waals surface area contributed by atoms with E-state index in [-0.39, 0.29) is 5.91 Å². The van der Waals surface area contributed by atoms with Crippen molar-refractivity contribution in [3.05, 3.63) is 81.8 Å². The van der Waals surface area contributed by atoms with Crippen molar-refractivity contribution < 1.29 is 9.53 Å². The quantitative estimate of drug-likeness (QED) is 0.300. The third kappa shape index (κ3) is 4.56. The first kappa shape index (κ1) is 20.6. The summed E-state index contributed by atoms with van der Waals surface area (Å²) in [5.74, 6) is 0.422. The first-order chi connectivity index (χ1) is 14.5. The van der Waals surface area contributed by atoms with Gasteiger partial charge in [-0.3, -0.25) is 4.79 Å². The lowest BCUT2D eigenvalue weighted by Gasteiger charge is -2.09. The summed E-state index contributed by atoms with van der Waals surface area (Å²) in [6.45, 7) is 0. The Morgan fingerprint density at radius 1 is 1.17 bits per heavy atom. The number of nitrogens with one attached hydrogen (secondary N) is 1. The number of ether oxygens (including phenoxy) is 1. The van der Waals surface area contributed by atoms with Crippen molar-refractivity contribution in [2.75, 3.05) is 12.4 Å². The van der Waals surface area contributed by atoms with Gasteiger partial charge >= 0.3 is 0 Å². The summed E-state index contributed by atoms with van der Waals surface area (Å²) in [6, 6.07) is 18.9. The van der Waals surface area contributed by atoms with E-state index < -0.39 is 0 Å². The minimum absolute atomic E-state index is 0.262. The Morgan fingerprint density at radius 2 is 2.00 bits per heavy atom. The van der Waals surface area contributed by atoms with Crippen molar-refractivity contribution in [1.82, 2.24) is 4.98 Å². The number of methoxy groups -OCH3 is 1. The van der Waals surface area contributed by atoms with Gasteiger partial charge in [0, 0.05) is 26.7 Å². The van der Waals surface area contributed by atoms with Crippen LogP contribution in [0, 0.1) is 0 Å². The van der Waals surface area contributed by atoms with Crippen LogP contribution in [-0.2, 0) is 4.79 Å². The average molecular weight is 500 g/mol. The van der Waals surface area contributed by atoms with Crippen molar-refractivity contribution in [2.45, 2.75) is 0 Å². The molecule has 3 aromatic carbocycles. The van der Waals surface area contributed by atoms with Crippen molar-refractivity contribution >= 4 is 66.8 Å². The predicted octanol–water partition coefficient (Wildman–Crippen LogP) is 7.04. The summed E-state index contributed by atoms with van der Waals surface area (Å²) >= 11 is 11.2. The van der Waals surface area contributed by atoms with Crippen molar-refractivity contribution in [3.63, 3.8) is 0 Å². The Kier molecular flexibility index (Phi) is 6.18. The normalized spacial score (nSPS) is 11.2. The molecule has 0 fully saturated rings. The summed E-state index contributed by atoms with van der Waals surface area (Å²) in [6.07, 6.45) is 3.19. The number of fused-ring (bicyclic) bond motifs is 1. The molecule has 0 unspecified atom stereocenters. The minimum atomic E-state index is -0.262. The lowest BCUT2D eigenvalue weighted by Crippen LogP contribution is -2.08. The number of nitrogens with zero attached hydrogens (tertiary/aromatic N) is 1. The van der Waals surface area contributed by atoms with Crippen molar-refractivity contribution in [1.29, 1.82) is 0 Å². The Hall–Kier alpha value is -2.67. The molecule has 1 aromatic heterocycles. The summed E-state index contributed by atoms with van der Waals surface area (Å²) in [4.78, 5) is 17.3. The van der Waals surface area contributed by atoms with E-state index in [0.717, 1.165) is 30.8 Å². The van der Waals surface area contributed by atoms with Gasteiger partial charge in [-0.15, -0.1) is 11.3 Å². The van der Waals surface area contributed by atoms with Gasteiger partial charge in [-0.2, -0.15) is 0 Å². The molecule has 0 atom stereocenters. The van der Waals surface area contributed by atoms with Crippen LogP contribution in [0.4, 0.5) is 5.69 Å². The molecule has 0 aliphatic heterocycles. The summed E-state index contributed by atoms with van der Waals surface area (Å²) in [7, 11) is 1.60. The van der Waals surface area contributed by atoms with Crippen LogP contribution in [0.25, 0.3) is 26.9 Å². The van der Waals surface area contributed by atoms with E-state index in [1.54, 1.807) is 36.7 Å². The highest BCUT2D eigenvalue weighted by Gasteiger charge is 2.13. The SMILES string of the molecule is COc1ccc(Br)cc1/C=C/C(=O)Nc1ccc(Cl)cc1-c1nc2ccccc2s1. The number of carbonyl (C=O) groups is 1. The zero-order chi connectivity index (χ0) is 21.1. The Bertz CT molecular complexity index is 1240. The molecule has 1 N–H and O–H groups in total. The van der Waals surface area contributed by atoms with E-state index in [0.29, 0.717) is 16.5 Å². The second-order valence-electron chi connectivity index (χ2n) is 6.39. The lowest BCUT2D eigenvalue weighted by atomic mass is 10.1. The van der Waals surface area contributed by atoms with Crippen LogP contribution < -0.4 is 10.1 Å². The van der Waals surface area contributed by atoms with Crippen molar-refractivity contribution in [3.8, 4) is 16.3 Å². The minimum Gasteiger partial charge on any atom is -0.496 e. The molecule has 4 nitrogen and oxygen atoms in total. The fourth-order valence-electron chi connectivity index (χ4n) is 2.97. The maximum atomic E-state index is 12.6. The highest BCUT2D eigenvalue weighted by Crippen LogP contribution is 2.36. The molecule has 0 aliphatic rings. The first-order valence-corrected chi connectivity index (χ1v) is 11.0. The molecule has 0 spiro atoms. The molecule has 0 radical (unpaired) electrons. The van der Waals surface area contributed by atoms with Crippen LogP contribution in [0.3, 0.4) is 0 Å². The average Bonchev–Trinajstić information content (AvgIpc) is 3.18. The number of anilines is 1. The third-order valence-corrected chi connectivity index (χ3v) is 6.17. The Morgan fingerprint density at radius 3 is 2.80 bits per heavy atom. The number of halogens is 2. The van der Waals surface area contributed by atoms with Crippen LogP contribution in [0.15, 0.2) is 71.2 Å². The molecule has 1 heterocycles. The lowest BCUT2D eigenvalue weighted by molar-refractivity contribution is -0.111. The fraction of sp³-hybridized carbons (Fsp3) is 0.0435. The molecule has 7 heteroatoms. The molecule has 4 aromatic rings.